The van der Waals surface area contributed by atoms with Crippen LogP contribution in [-0.2, 0) is 6.54 Å². The number of hydrogen-bond donors (Lipinski definition) is 2. The number of nitrogens with two attached hydrogens (primary N) is 1. The molecular formula is C17H23N3O. The van der Waals surface area contributed by atoms with Crippen LogP contribution in [0.25, 0.3) is 10.9 Å². The number of fused-ring (bicyclic) bond motifs is 1. The summed E-state index contributed by atoms with van der Waals surface area (Å²) in [6.45, 7) is 0.787. The van der Waals surface area contributed by atoms with Gasteiger partial charge in [-0.3, -0.25) is 9.88 Å². The molecule has 2 unspecified atom stereocenters. The first-order valence-electron chi connectivity index (χ1n) is 7.67. The van der Waals surface area contributed by atoms with Crippen molar-refractivity contribution in [1.29, 1.82) is 0 Å². The van der Waals surface area contributed by atoms with Gasteiger partial charge >= 0.3 is 0 Å². The van der Waals surface area contributed by atoms with Crippen LogP contribution >= 0.6 is 0 Å². The van der Waals surface area contributed by atoms with Gasteiger partial charge in [0.1, 0.15) is 0 Å². The van der Waals surface area contributed by atoms with Crippen LogP contribution in [-0.4, -0.2) is 34.2 Å². The molecule has 2 aromatic rings. The highest BCUT2D eigenvalue weighted by molar-refractivity contribution is 5.92. The Balaban J connectivity index is 1.86. The maximum Gasteiger partial charge on any atom is 0.0767 e. The van der Waals surface area contributed by atoms with Crippen molar-refractivity contribution in [3.05, 3.63) is 36.0 Å². The second kappa shape index (κ2) is 6.00. The SMILES string of the molecule is CN(Cc1ccc(N)c2cccnc12)C1CCCCC1O. The lowest BCUT2D eigenvalue weighted by atomic mass is 9.91. The Morgan fingerprint density at radius 2 is 2.10 bits per heavy atom. The standard InChI is InChI=1S/C17H23N3O/c1-20(15-6-2-3-7-16(15)21)11-12-8-9-14(18)13-5-4-10-19-17(12)13/h4-5,8-10,15-16,21H,2-3,6-7,11,18H2,1H3. The van der Waals surface area contributed by atoms with Gasteiger partial charge in [0.15, 0.2) is 0 Å². The molecule has 2 atom stereocenters. The zero-order valence-corrected chi connectivity index (χ0v) is 12.5. The monoisotopic (exact) mass is 285 g/mol. The van der Waals surface area contributed by atoms with Crippen molar-refractivity contribution in [1.82, 2.24) is 9.88 Å². The van der Waals surface area contributed by atoms with Crippen molar-refractivity contribution in [3.8, 4) is 0 Å². The fraction of sp³-hybridized carbons (Fsp3) is 0.471. The molecule has 3 N–H and O–H groups in total. The van der Waals surface area contributed by atoms with Gasteiger partial charge < -0.3 is 10.8 Å². The van der Waals surface area contributed by atoms with Gasteiger partial charge in [-0.15, -0.1) is 0 Å². The average Bonchev–Trinajstić information content (AvgIpc) is 2.51. The molecule has 0 saturated heterocycles. The molecule has 1 saturated carbocycles. The number of likely N-dealkylation sites (N-methyl/N-ethyl adjacent to an activating group) is 1. The number of hydrogen-bond acceptors (Lipinski definition) is 4. The van der Waals surface area contributed by atoms with Crippen LogP contribution < -0.4 is 5.73 Å². The van der Waals surface area contributed by atoms with Gasteiger partial charge in [0, 0.05) is 29.9 Å². The van der Waals surface area contributed by atoms with Crippen molar-refractivity contribution < 1.29 is 5.11 Å². The Hall–Kier alpha value is -1.65. The van der Waals surface area contributed by atoms with Crippen LogP contribution in [0.5, 0.6) is 0 Å². The van der Waals surface area contributed by atoms with E-state index < -0.39 is 0 Å². The molecule has 1 aromatic heterocycles. The van der Waals surface area contributed by atoms with E-state index in [-0.39, 0.29) is 12.1 Å². The van der Waals surface area contributed by atoms with E-state index >= 15 is 0 Å². The third-order valence-corrected chi connectivity index (χ3v) is 4.57. The van der Waals surface area contributed by atoms with Crippen molar-refractivity contribution >= 4 is 16.6 Å². The fourth-order valence-electron chi connectivity index (χ4n) is 3.37. The van der Waals surface area contributed by atoms with E-state index in [9.17, 15) is 5.11 Å². The van der Waals surface area contributed by atoms with Crippen molar-refractivity contribution in [2.45, 2.75) is 44.4 Å². The maximum atomic E-state index is 10.2. The normalized spacial score (nSPS) is 22.8. The second-order valence-corrected chi connectivity index (χ2v) is 6.05. The van der Waals surface area contributed by atoms with Gasteiger partial charge in [-0.05, 0) is 43.7 Å². The van der Waals surface area contributed by atoms with E-state index in [0.717, 1.165) is 42.4 Å². The molecule has 1 aliphatic carbocycles. The minimum absolute atomic E-state index is 0.211. The Labute approximate surface area is 125 Å². The zero-order valence-electron chi connectivity index (χ0n) is 12.5. The molecule has 0 radical (unpaired) electrons. The first-order chi connectivity index (χ1) is 10.2. The van der Waals surface area contributed by atoms with Gasteiger partial charge in [-0.2, -0.15) is 0 Å². The van der Waals surface area contributed by atoms with E-state index in [1.54, 1.807) is 6.20 Å². The number of aliphatic hydroxyl groups is 1. The van der Waals surface area contributed by atoms with E-state index in [4.69, 9.17) is 5.73 Å². The Kier molecular flexibility index (Phi) is 4.08. The molecule has 1 aromatic carbocycles. The van der Waals surface area contributed by atoms with Crippen LogP contribution in [0.3, 0.4) is 0 Å². The van der Waals surface area contributed by atoms with Crippen molar-refractivity contribution in [3.63, 3.8) is 0 Å². The van der Waals surface area contributed by atoms with Crippen molar-refractivity contribution in [2.75, 3.05) is 12.8 Å². The fourth-order valence-corrected chi connectivity index (χ4v) is 3.37. The maximum absolute atomic E-state index is 10.2. The van der Waals surface area contributed by atoms with Crippen LogP contribution in [0.1, 0.15) is 31.2 Å². The lowest BCUT2D eigenvalue weighted by Gasteiger charge is -2.35. The van der Waals surface area contributed by atoms with E-state index in [2.05, 4.69) is 23.0 Å². The first-order valence-corrected chi connectivity index (χ1v) is 7.67. The predicted molar refractivity (Wildman–Crippen MR) is 85.9 cm³/mol. The molecule has 0 spiro atoms. The molecule has 0 aliphatic heterocycles. The number of rotatable bonds is 3. The Morgan fingerprint density at radius 1 is 1.29 bits per heavy atom. The van der Waals surface area contributed by atoms with Gasteiger partial charge in [0.05, 0.1) is 11.6 Å². The summed E-state index contributed by atoms with van der Waals surface area (Å²) < 4.78 is 0. The summed E-state index contributed by atoms with van der Waals surface area (Å²) in [5, 5.41) is 11.2. The number of benzene rings is 1. The molecule has 0 amide bonds. The Morgan fingerprint density at radius 3 is 2.90 bits per heavy atom. The summed E-state index contributed by atoms with van der Waals surface area (Å²) >= 11 is 0. The minimum atomic E-state index is -0.211. The molecule has 112 valence electrons. The number of aromatic nitrogens is 1. The summed E-state index contributed by atoms with van der Waals surface area (Å²) in [4.78, 5) is 6.74. The number of nitrogens with zero attached hydrogens (tertiary/aromatic N) is 2. The highest BCUT2D eigenvalue weighted by Crippen LogP contribution is 2.27. The predicted octanol–water partition coefficient (Wildman–Crippen LogP) is 2.55. The highest BCUT2D eigenvalue weighted by atomic mass is 16.3. The number of nitrogen functional groups attached to an aromatic ring is 1. The van der Waals surface area contributed by atoms with Crippen LogP contribution in [0.2, 0.25) is 0 Å². The lowest BCUT2D eigenvalue weighted by Crippen LogP contribution is -2.42. The summed E-state index contributed by atoms with van der Waals surface area (Å²) in [5.41, 5.74) is 8.93. The molecule has 1 fully saturated rings. The van der Waals surface area contributed by atoms with Gasteiger partial charge in [0.2, 0.25) is 0 Å². The average molecular weight is 285 g/mol. The number of anilines is 1. The van der Waals surface area contributed by atoms with Crippen molar-refractivity contribution in [2.24, 2.45) is 0 Å². The van der Waals surface area contributed by atoms with E-state index in [1.807, 2.05) is 18.2 Å². The molecule has 3 rings (SSSR count). The third-order valence-electron chi connectivity index (χ3n) is 4.57. The van der Waals surface area contributed by atoms with Crippen LogP contribution in [0, 0.1) is 0 Å². The summed E-state index contributed by atoms with van der Waals surface area (Å²) in [5.74, 6) is 0. The molecule has 21 heavy (non-hydrogen) atoms. The molecule has 0 bridgehead atoms. The molecule has 4 nitrogen and oxygen atoms in total. The van der Waals surface area contributed by atoms with E-state index in [0.29, 0.717) is 0 Å². The van der Waals surface area contributed by atoms with E-state index in [1.165, 1.54) is 12.0 Å². The zero-order chi connectivity index (χ0) is 14.8. The molecule has 1 heterocycles. The third kappa shape index (κ3) is 2.87. The smallest absolute Gasteiger partial charge is 0.0767 e. The van der Waals surface area contributed by atoms with Crippen LogP contribution in [0.4, 0.5) is 5.69 Å². The minimum Gasteiger partial charge on any atom is -0.398 e. The van der Waals surface area contributed by atoms with Gasteiger partial charge in [-0.25, -0.2) is 0 Å². The Bertz CT molecular complexity index is 628. The number of aliphatic hydroxyl groups excluding tert-OH is 1. The molecular weight excluding hydrogens is 262 g/mol. The topological polar surface area (TPSA) is 62.4 Å². The summed E-state index contributed by atoms with van der Waals surface area (Å²) in [6, 6.07) is 8.17. The quantitative estimate of drug-likeness (QED) is 0.851. The van der Waals surface area contributed by atoms with Gasteiger partial charge in [-0.1, -0.05) is 18.9 Å². The second-order valence-electron chi connectivity index (χ2n) is 6.05. The number of pyridine rings is 1. The molecule has 4 heteroatoms. The molecule has 1 aliphatic rings. The lowest BCUT2D eigenvalue weighted by molar-refractivity contribution is 0.0290. The van der Waals surface area contributed by atoms with Crippen LogP contribution in [0.15, 0.2) is 30.5 Å². The summed E-state index contributed by atoms with van der Waals surface area (Å²) in [6.07, 6.45) is 5.91. The van der Waals surface area contributed by atoms with Gasteiger partial charge in [0.25, 0.3) is 0 Å². The first kappa shape index (κ1) is 14.3. The highest BCUT2D eigenvalue weighted by Gasteiger charge is 2.26. The largest absolute Gasteiger partial charge is 0.398 e. The summed E-state index contributed by atoms with van der Waals surface area (Å²) in [7, 11) is 2.09.